The molecule has 0 amide bonds. The van der Waals surface area contributed by atoms with Crippen molar-refractivity contribution in [3.63, 3.8) is 0 Å². The Bertz CT molecular complexity index is 1100. The Morgan fingerprint density at radius 2 is 1.61 bits per heavy atom. The van der Waals surface area contributed by atoms with Crippen molar-refractivity contribution in [2.75, 3.05) is 5.75 Å². The van der Waals surface area contributed by atoms with Crippen molar-refractivity contribution < 1.29 is 22.4 Å². The highest BCUT2D eigenvalue weighted by Crippen LogP contribution is 2.17. The Hall–Kier alpha value is -3.19. The second-order valence-corrected chi connectivity index (χ2v) is 8.15. The van der Waals surface area contributed by atoms with E-state index in [-0.39, 0.29) is 40.9 Å². The lowest BCUT2D eigenvalue weighted by Crippen LogP contribution is -2.14. The average molecular weight is 398 g/mol. The van der Waals surface area contributed by atoms with Gasteiger partial charge in [0.2, 0.25) is 16.9 Å². The third-order valence-corrected chi connectivity index (χ3v) is 5.77. The van der Waals surface area contributed by atoms with Gasteiger partial charge < -0.3 is 9.15 Å². The van der Waals surface area contributed by atoms with Crippen molar-refractivity contribution in [3.05, 3.63) is 94.0 Å². The van der Waals surface area contributed by atoms with Crippen LogP contribution in [0.15, 0.2) is 80.8 Å². The van der Waals surface area contributed by atoms with Gasteiger partial charge >= 0.3 is 0 Å². The fraction of sp³-hybridized carbons (Fsp3) is 0.143. The van der Waals surface area contributed by atoms with Gasteiger partial charge in [-0.25, -0.2) is 8.42 Å². The molecular formula is C21H18O6S. The van der Waals surface area contributed by atoms with E-state index in [1.165, 1.54) is 12.1 Å². The standard InChI is InChI=1S/C21H18O6S/c22-14-20-21(26-15-16-7-3-1-4-8-16)19(23)13-17(27-20)11-12-28(24,25)18-9-5-2-6-10-18/h1-10,13-14H,11-12,15H2. The second kappa shape index (κ2) is 8.67. The molecule has 0 N–H and O–H groups in total. The lowest BCUT2D eigenvalue weighted by Gasteiger charge is -2.09. The molecule has 0 bridgehead atoms. The average Bonchev–Trinajstić information content (AvgIpc) is 2.72. The summed E-state index contributed by atoms with van der Waals surface area (Å²) in [5.74, 6) is -0.578. The van der Waals surface area contributed by atoms with E-state index in [2.05, 4.69) is 0 Å². The van der Waals surface area contributed by atoms with Crippen LogP contribution in [0.1, 0.15) is 21.9 Å². The van der Waals surface area contributed by atoms with Crippen molar-refractivity contribution in [1.82, 2.24) is 0 Å². The molecule has 0 aliphatic carbocycles. The largest absolute Gasteiger partial charge is 0.481 e. The first kappa shape index (κ1) is 19.6. The summed E-state index contributed by atoms with van der Waals surface area (Å²) in [6.45, 7) is 0.105. The number of hydrogen-bond acceptors (Lipinski definition) is 6. The minimum Gasteiger partial charge on any atom is -0.481 e. The molecule has 0 unspecified atom stereocenters. The van der Waals surface area contributed by atoms with E-state index in [4.69, 9.17) is 9.15 Å². The SMILES string of the molecule is O=Cc1oc(CCS(=O)(=O)c2ccccc2)cc(=O)c1OCc1ccccc1. The van der Waals surface area contributed by atoms with Crippen LogP contribution in [0.2, 0.25) is 0 Å². The molecule has 28 heavy (non-hydrogen) atoms. The van der Waals surface area contributed by atoms with E-state index in [0.29, 0.717) is 6.29 Å². The van der Waals surface area contributed by atoms with E-state index in [1.807, 2.05) is 30.3 Å². The first-order chi connectivity index (χ1) is 13.5. The minimum absolute atomic E-state index is 0.0354. The molecule has 0 fully saturated rings. The van der Waals surface area contributed by atoms with Crippen LogP contribution >= 0.6 is 0 Å². The van der Waals surface area contributed by atoms with Crippen molar-refractivity contribution in [2.45, 2.75) is 17.9 Å². The predicted octanol–water partition coefficient (Wildman–Crippen LogP) is 3.05. The van der Waals surface area contributed by atoms with E-state index in [1.54, 1.807) is 18.2 Å². The molecule has 0 spiro atoms. The van der Waals surface area contributed by atoms with Crippen molar-refractivity contribution in [3.8, 4) is 5.75 Å². The fourth-order valence-corrected chi connectivity index (χ4v) is 3.88. The normalized spacial score (nSPS) is 11.1. The third-order valence-electron chi connectivity index (χ3n) is 4.03. The molecule has 0 atom stereocenters. The molecule has 1 heterocycles. The summed E-state index contributed by atoms with van der Waals surface area (Å²) < 4.78 is 35.6. The summed E-state index contributed by atoms with van der Waals surface area (Å²) in [4.78, 5) is 23.9. The van der Waals surface area contributed by atoms with E-state index in [9.17, 15) is 18.0 Å². The fourth-order valence-electron chi connectivity index (χ4n) is 2.60. The highest BCUT2D eigenvalue weighted by Gasteiger charge is 2.18. The van der Waals surface area contributed by atoms with E-state index >= 15 is 0 Å². The van der Waals surface area contributed by atoms with Gasteiger partial charge in [-0.3, -0.25) is 9.59 Å². The van der Waals surface area contributed by atoms with Gasteiger partial charge in [0.25, 0.3) is 0 Å². The molecule has 6 nitrogen and oxygen atoms in total. The predicted molar refractivity (Wildman–Crippen MR) is 103 cm³/mol. The summed E-state index contributed by atoms with van der Waals surface area (Å²) in [5, 5.41) is 0. The maximum absolute atomic E-state index is 12.4. The van der Waals surface area contributed by atoms with Gasteiger partial charge in [0.05, 0.1) is 10.6 Å². The monoisotopic (exact) mass is 398 g/mol. The Morgan fingerprint density at radius 3 is 2.25 bits per heavy atom. The number of benzene rings is 2. The summed E-state index contributed by atoms with van der Waals surface area (Å²) in [6, 6.07) is 18.3. The number of hydrogen-bond donors (Lipinski definition) is 0. The van der Waals surface area contributed by atoms with Gasteiger partial charge in [-0.05, 0) is 17.7 Å². The van der Waals surface area contributed by atoms with Crippen molar-refractivity contribution in [2.24, 2.45) is 0 Å². The molecule has 3 rings (SSSR count). The number of carbonyl (C=O) groups excluding carboxylic acids is 1. The number of aryl methyl sites for hydroxylation is 1. The smallest absolute Gasteiger partial charge is 0.227 e. The molecule has 0 radical (unpaired) electrons. The van der Waals surface area contributed by atoms with Crippen LogP contribution in [-0.2, 0) is 22.9 Å². The maximum Gasteiger partial charge on any atom is 0.227 e. The third kappa shape index (κ3) is 4.75. The van der Waals surface area contributed by atoms with E-state index < -0.39 is 15.3 Å². The number of ether oxygens (including phenoxy) is 1. The topological polar surface area (TPSA) is 90.6 Å². The molecule has 1 aromatic heterocycles. The number of rotatable bonds is 8. The summed E-state index contributed by atoms with van der Waals surface area (Å²) in [5.41, 5.74) is 0.299. The quantitative estimate of drug-likeness (QED) is 0.542. The molecule has 3 aromatic rings. The lowest BCUT2D eigenvalue weighted by atomic mass is 10.2. The Labute approximate surface area is 162 Å². The highest BCUT2D eigenvalue weighted by molar-refractivity contribution is 7.91. The van der Waals surface area contributed by atoms with Crippen LogP contribution in [0.25, 0.3) is 0 Å². The number of sulfone groups is 1. The van der Waals surface area contributed by atoms with Crippen molar-refractivity contribution in [1.29, 1.82) is 0 Å². The zero-order valence-corrected chi connectivity index (χ0v) is 15.7. The lowest BCUT2D eigenvalue weighted by molar-refractivity contribution is 0.108. The van der Waals surface area contributed by atoms with Gasteiger partial charge in [0.15, 0.2) is 16.1 Å². The Balaban J connectivity index is 1.76. The van der Waals surface area contributed by atoms with Crippen LogP contribution in [-0.4, -0.2) is 20.5 Å². The summed E-state index contributed by atoms with van der Waals surface area (Å²) >= 11 is 0. The minimum atomic E-state index is -3.53. The van der Waals surface area contributed by atoms with Crippen molar-refractivity contribution >= 4 is 16.1 Å². The summed E-state index contributed by atoms with van der Waals surface area (Å²) in [6.07, 6.45) is 0.350. The van der Waals surface area contributed by atoms with Crippen LogP contribution in [0.5, 0.6) is 5.75 Å². The molecule has 0 saturated heterocycles. The molecule has 144 valence electrons. The zero-order valence-electron chi connectivity index (χ0n) is 14.9. The maximum atomic E-state index is 12.4. The van der Waals surface area contributed by atoms with Crippen LogP contribution in [0.3, 0.4) is 0 Å². The molecule has 2 aromatic carbocycles. The van der Waals surface area contributed by atoms with Gasteiger partial charge in [-0.2, -0.15) is 0 Å². The van der Waals surface area contributed by atoms with Gasteiger partial charge in [0, 0.05) is 12.5 Å². The molecule has 7 heteroatoms. The zero-order chi connectivity index (χ0) is 20.0. The first-order valence-corrected chi connectivity index (χ1v) is 10.2. The van der Waals surface area contributed by atoms with Crippen LogP contribution in [0, 0.1) is 0 Å². The first-order valence-electron chi connectivity index (χ1n) is 8.56. The highest BCUT2D eigenvalue weighted by atomic mass is 32.2. The van der Waals surface area contributed by atoms with Gasteiger partial charge in [-0.15, -0.1) is 0 Å². The number of aldehydes is 1. The van der Waals surface area contributed by atoms with Crippen LogP contribution < -0.4 is 10.2 Å². The molecule has 0 aliphatic heterocycles. The molecule has 0 saturated carbocycles. The second-order valence-electron chi connectivity index (χ2n) is 6.04. The van der Waals surface area contributed by atoms with Gasteiger partial charge in [-0.1, -0.05) is 48.5 Å². The number of carbonyl (C=O) groups is 1. The summed E-state index contributed by atoms with van der Waals surface area (Å²) in [7, 11) is -3.53. The van der Waals surface area contributed by atoms with Gasteiger partial charge in [0.1, 0.15) is 12.4 Å². The van der Waals surface area contributed by atoms with E-state index in [0.717, 1.165) is 11.6 Å². The Morgan fingerprint density at radius 1 is 0.964 bits per heavy atom. The molecular weight excluding hydrogens is 380 g/mol. The van der Waals surface area contributed by atoms with Crippen LogP contribution in [0.4, 0.5) is 0 Å². The molecule has 0 aliphatic rings. The Kier molecular flexibility index (Phi) is 6.06.